The quantitative estimate of drug-likeness (QED) is 0.701. The van der Waals surface area contributed by atoms with Gasteiger partial charge in [-0.25, -0.2) is 0 Å². The van der Waals surface area contributed by atoms with E-state index in [2.05, 4.69) is 23.5 Å². The maximum absolute atomic E-state index is 5.63. The van der Waals surface area contributed by atoms with E-state index in [4.69, 9.17) is 4.74 Å². The Morgan fingerprint density at radius 2 is 2.23 bits per heavy atom. The van der Waals surface area contributed by atoms with Crippen LogP contribution in [0.25, 0.3) is 6.08 Å². The molecule has 68 valence electrons. The van der Waals surface area contributed by atoms with Gasteiger partial charge in [0, 0.05) is 5.56 Å². The molecule has 13 heavy (non-hydrogen) atoms. The van der Waals surface area contributed by atoms with Crippen molar-refractivity contribution in [1.82, 2.24) is 5.32 Å². The van der Waals surface area contributed by atoms with Gasteiger partial charge < -0.3 is 10.1 Å². The molecule has 1 aliphatic rings. The average Bonchev–Trinajstić information content (AvgIpc) is 2.39. The molecule has 0 bridgehead atoms. The molecule has 2 nitrogen and oxygen atoms in total. The van der Waals surface area contributed by atoms with Gasteiger partial charge in [-0.15, -0.1) is 0 Å². The van der Waals surface area contributed by atoms with Gasteiger partial charge in [-0.1, -0.05) is 30.4 Å². The first kappa shape index (κ1) is 8.32. The SMILES string of the molecule is CNC1C=Cc2ccccc2OC1. The molecule has 1 aromatic rings. The topological polar surface area (TPSA) is 21.3 Å². The summed E-state index contributed by atoms with van der Waals surface area (Å²) in [4.78, 5) is 0. The highest BCUT2D eigenvalue weighted by Crippen LogP contribution is 2.21. The van der Waals surface area contributed by atoms with Gasteiger partial charge in [0.15, 0.2) is 0 Å². The van der Waals surface area contributed by atoms with Crippen molar-refractivity contribution in [3.63, 3.8) is 0 Å². The number of nitrogens with one attached hydrogen (secondary N) is 1. The minimum Gasteiger partial charge on any atom is -0.491 e. The van der Waals surface area contributed by atoms with E-state index in [0.717, 1.165) is 11.3 Å². The third-order valence-corrected chi connectivity index (χ3v) is 2.22. The number of rotatable bonds is 1. The largest absolute Gasteiger partial charge is 0.491 e. The Morgan fingerprint density at radius 3 is 3.08 bits per heavy atom. The summed E-state index contributed by atoms with van der Waals surface area (Å²) in [5.74, 6) is 0.969. The minimum atomic E-state index is 0.312. The highest BCUT2D eigenvalue weighted by atomic mass is 16.5. The van der Waals surface area contributed by atoms with Crippen molar-refractivity contribution in [1.29, 1.82) is 0 Å². The lowest BCUT2D eigenvalue weighted by atomic mass is 10.2. The average molecular weight is 175 g/mol. The third kappa shape index (κ3) is 1.73. The first-order valence-corrected chi connectivity index (χ1v) is 4.47. The first-order valence-electron chi connectivity index (χ1n) is 4.47. The van der Waals surface area contributed by atoms with E-state index < -0.39 is 0 Å². The van der Waals surface area contributed by atoms with E-state index in [1.807, 2.05) is 25.2 Å². The second-order valence-corrected chi connectivity index (χ2v) is 3.10. The second-order valence-electron chi connectivity index (χ2n) is 3.10. The van der Waals surface area contributed by atoms with Crippen LogP contribution < -0.4 is 10.1 Å². The molecule has 0 aliphatic carbocycles. The summed E-state index contributed by atoms with van der Waals surface area (Å²) in [7, 11) is 1.94. The molecule has 0 saturated heterocycles. The highest BCUT2D eigenvalue weighted by Gasteiger charge is 2.08. The summed E-state index contributed by atoms with van der Waals surface area (Å²) in [6.45, 7) is 0.698. The molecule has 1 aromatic carbocycles. The van der Waals surface area contributed by atoms with Crippen molar-refractivity contribution in [3.05, 3.63) is 35.9 Å². The zero-order chi connectivity index (χ0) is 9.10. The number of hydrogen-bond donors (Lipinski definition) is 1. The molecule has 1 N–H and O–H groups in total. The Kier molecular flexibility index (Phi) is 2.32. The molecule has 1 atom stereocenters. The van der Waals surface area contributed by atoms with Crippen molar-refractivity contribution < 1.29 is 4.74 Å². The molecule has 0 radical (unpaired) electrons. The second kappa shape index (κ2) is 3.62. The van der Waals surface area contributed by atoms with Crippen molar-refractivity contribution in [3.8, 4) is 5.75 Å². The van der Waals surface area contributed by atoms with E-state index in [9.17, 15) is 0 Å². The molecule has 2 heteroatoms. The Hall–Kier alpha value is -1.28. The Balaban J connectivity index is 2.28. The van der Waals surface area contributed by atoms with E-state index in [1.54, 1.807) is 0 Å². The van der Waals surface area contributed by atoms with Gasteiger partial charge in [-0.2, -0.15) is 0 Å². The standard InChI is InChI=1S/C11H13NO/c1-12-10-7-6-9-4-2-3-5-11(9)13-8-10/h2-7,10,12H,8H2,1H3. The van der Waals surface area contributed by atoms with Gasteiger partial charge >= 0.3 is 0 Å². The molecule has 0 aromatic heterocycles. The predicted molar refractivity (Wildman–Crippen MR) is 53.8 cm³/mol. The smallest absolute Gasteiger partial charge is 0.126 e. The van der Waals surface area contributed by atoms with Crippen LogP contribution in [0.15, 0.2) is 30.3 Å². The summed E-state index contributed by atoms with van der Waals surface area (Å²) < 4.78 is 5.63. The fourth-order valence-electron chi connectivity index (χ4n) is 1.38. The minimum absolute atomic E-state index is 0.312. The van der Waals surface area contributed by atoms with Crippen LogP contribution in [0.5, 0.6) is 5.75 Å². The van der Waals surface area contributed by atoms with E-state index in [-0.39, 0.29) is 0 Å². The van der Waals surface area contributed by atoms with Crippen LogP contribution in [0.1, 0.15) is 5.56 Å². The molecule has 0 saturated carbocycles. The molecule has 0 fully saturated rings. The van der Waals surface area contributed by atoms with Crippen LogP contribution in [-0.4, -0.2) is 19.7 Å². The van der Waals surface area contributed by atoms with Gasteiger partial charge in [-0.3, -0.25) is 0 Å². The van der Waals surface area contributed by atoms with Crippen molar-refractivity contribution in [2.24, 2.45) is 0 Å². The molecule has 1 unspecified atom stereocenters. The van der Waals surface area contributed by atoms with Crippen LogP contribution in [0.3, 0.4) is 0 Å². The molecule has 0 amide bonds. The molecular formula is C11H13NO. The van der Waals surface area contributed by atoms with Gasteiger partial charge in [0.05, 0.1) is 6.04 Å². The molecule has 2 rings (SSSR count). The van der Waals surface area contributed by atoms with Crippen LogP contribution >= 0.6 is 0 Å². The maximum atomic E-state index is 5.63. The van der Waals surface area contributed by atoms with Crippen LogP contribution in [0, 0.1) is 0 Å². The summed E-state index contributed by atoms with van der Waals surface area (Å²) in [5, 5.41) is 3.17. The number of ether oxygens (including phenoxy) is 1. The maximum Gasteiger partial charge on any atom is 0.126 e. The fraction of sp³-hybridized carbons (Fsp3) is 0.273. The van der Waals surface area contributed by atoms with E-state index in [1.165, 1.54) is 0 Å². The number of fused-ring (bicyclic) bond motifs is 1. The zero-order valence-corrected chi connectivity index (χ0v) is 7.66. The van der Waals surface area contributed by atoms with Gasteiger partial charge in [0.2, 0.25) is 0 Å². The van der Waals surface area contributed by atoms with E-state index in [0.29, 0.717) is 12.6 Å². The highest BCUT2D eigenvalue weighted by molar-refractivity contribution is 5.58. The van der Waals surface area contributed by atoms with Crippen molar-refractivity contribution >= 4 is 6.08 Å². The van der Waals surface area contributed by atoms with Gasteiger partial charge in [0.25, 0.3) is 0 Å². The normalized spacial score (nSPS) is 20.2. The lowest BCUT2D eigenvalue weighted by Crippen LogP contribution is -2.28. The Morgan fingerprint density at radius 1 is 1.38 bits per heavy atom. The summed E-state index contributed by atoms with van der Waals surface area (Å²) >= 11 is 0. The van der Waals surface area contributed by atoms with Crippen molar-refractivity contribution in [2.75, 3.05) is 13.7 Å². The number of para-hydroxylation sites is 1. The third-order valence-electron chi connectivity index (χ3n) is 2.22. The van der Waals surface area contributed by atoms with Crippen LogP contribution in [0.4, 0.5) is 0 Å². The Labute approximate surface area is 78.2 Å². The van der Waals surface area contributed by atoms with Gasteiger partial charge in [0.1, 0.15) is 12.4 Å². The summed E-state index contributed by atoms with van der Waals surface area (Å²) in [6.07, 6.45) is 4.23. The van der Waals surface area contributed by atoms with Crippen LogP contribution in [0.2, 0.25) is 0 Å². The fourth-order valence-corrected chi connectivity index (χ4v) is 1.38. The van der Waals surface area contributed by atoms with E-state index >= 15 is 0 Å². The monoisotopic (exact) mass is 175 g/mol. The molecule has 1 aliphatic heterocycles. The summed E-state index contributed by atoms with van der Waals surface area (Å²) in [6, 6.07) is 8.38. The van der Waals surface area contributed by atoms with Crippen molar-refractivity contribution in [2.45, 2.75) is 6.04 Å². The number of benzene rings is 1. The zero-order valence-electron chi connectivity index (χ0n) is 7.66. The van der Waals surface area contributed by atoms with Gasteiger partial charge in [-0.05, 0) is 13.1 Å². The van der Waals surface area contributed by atoms with Crippen LogP contribution in [-0.2, 0) is 0 Å². The lowest BCUT2D eigenvalue weighted by molar-refractivity contribution is 0.294. The first-order chi connectivity index (χ1) is 6.40. The Bertz CT molecular complexity index is 320. The molecule has 0 spiro atoms. The number of likely N-dealkylation sites (N-methyl/N-ethyl adjacent to an activating group) is 1. The number of hydrogen-bond acceptors (Lipinski definition) is 2. The lowest BCUT2D eigenvalue weighted by Gasteiger charge is -2.10. The predicted octanol–water partition coefficient (Wildman–Crippen LogP) is 1.68. The molecular weight excluding hydrogens is 162 g/mol. The summed E-state index contributed by atoms with van der Waals surface area (Å²) in [5.41, 5.74) is 1.15. The molecule has 1 heterocycles.